The highest BCUT2D eigenvalue weighted by molar-refractivity contribution is 4.76. The summed E-state index contributed by atoms with van der Waals surface area (Å²) in [5.74, 6) is 0.916. The summed E-state index contributed by atoms with van der Waals surface area (Å²) in [5, 5.41) is 13.3. The molecule has 90 valence electrons. The largest absolute Gasteiger partial charge is 0.388 e. The van der Waals surface area contributed by atoms with Gasteiger partial charge < -0.3 is 15.2 Å². The van der Waals surface area contributed by atoms with Gasteiger partial charge in [0.15, 0.2) is 0 Å². The molecule has 1 aliphatic rings. The maximum absolute atomic E-state index is 9.98. The fourth-order valence-electron chi connectivity index (χ4n) is 1.65. The van der Waals surface area contributed by atoms with E-state index in [1.54, 1.807) is 0 Å². The minimum absolute atomic E-state index is 0.241. The standard InChI is InChI=1S/C12H25NO2/c1-10(2)12(3,14)9-15-8-11-4-6-13-7-5-11/h10-11,13-14H,4-9H2,1-3H3. The van der Waals surface area contributed by atoms with Crippen LogP contribution in [0.3, 0.4) is 0 Å². The fourth-order valence-corrected chi connectivity index (χ4v) is 1.65. The Balaban J connectivity index is 2.14. The van der Waals surface area contributed by atoms with E-state index in [0.29, 0.717) is 12.5 Å². The van der Waals surface area contributed by atoms with Gasteiger partial charge in [-0.2, -0.15) is 0 Å². The number of rotatable bonds is 5. The third-order valence-corrected chi connectivity index (χ3v) is 3.45. The van der Waals surface area contributed by atoms with E-state index < -0.39 is 5.60 Å². The van der Waals surface area contributed by atoms with Gasteiger partial charge in [0.2, 0.25) is 0 Å². The van der Waals surface area contributed by atoms with Crippen molar-refractivity contribution in [3.63, 3.8) is 0 Å². The number of piperidine rings is 1. The first-order valence-corrected chi connectivity index (χ1v) is 6.03. The second-order valence-corrected chi connectivity index (χ2v) is 5.22. The van der Waals surface area contributed by atoms with E-state index in [9.17, 15) is 5.11 Å². The molecule has 1 unspecified atom stereocenters. The average molecular weight is 215 g/mol. The van der Waals surface area contributed by atoms with E-state index in [-0.39, 0.29) is 5.92 Å². The second-order valence-electron chi connectivity index (χ2n) is 5.22. The van der Waals surface area contributed by atoms with Crippen LogP contribution in [-0.2, 0) is 4.74 Å². The van der Waals surface area contributed by atoms with Crippen LogP contribution in [0.2, 0.25) is 0 Å². The third kappa shape index (κ3) is 4.49. The first-order valence-electron chi connectivity index (χ1n) is 6.03. The Morgan fingerprint density at radius 3 is 2.53 bits per heavy atom. The van der Waals surface area contributed by atoms with Crippen molar-refractivity contribution in [3.8, 4) is 0 Å². The van der Waals surface area contributed by atoms with Gasteiger partial charge in [-0.25, -0.2) is 0 Å². The first kappa shape index (κ1) is 12.9. The molecule has 1 saturated heterocycles. The summed E-state index contributed by atoms with van der Waals surface area (Å²) in [6, 6.07) is 0. The van der Waals surface area contributed by atoms with Gasteiger partial charge in [0.25, 0.3) is 0 Å². The van der Waals surface area contributed by atoms with Crippen molar-refractivity contribution in [2.45, 2.75) is 39.2 Å². The zero-order valence-corrected chi connectivity index (χ0v) is 10.3. The van der Waals surface area contributed by atoms with Crippen LogP contribution in [0, 0.1) is 11.8 Å². The van der Waals surface area contributed by atoms with Crippen LogP contribution in [0.25, 0.3) is 0 Å². The fraction of sp³-hybridized carbons (Fsp3) is 1.00. The topological polar surface area (TPSA) is 41.5 Å². The van der Waals surface area contributed by atoms with Crippen molar-refractivity contribution in [2.75, 3.05) is 26.3 Å². The van der Waals surface area contributed by atoms with Crippen molar-refractivity contribution in [2.24, 2.45) is 11.8 Å². The Kier molecular flexibility index (Phi) is 5.03. The zero-order chi connectivity index (χ0) is 11.3. The summed E-state index contributed by atoms with van der Waals surface area (Å²) in [5.41, 5.74) is -0.688. The van der Waals surface area contributed by atoms with Gasteiger partial charge >= 0.3 is 0 Å². The van der Waals surface area contributed by atoms with Crippen molar-refractivity contribution in [3.05, 3.63) is 0 Å². The molecule has 0 spiro atoms. The summed E-state index contributed by atoms with van der Waals surface area (Å²) >= 11 is 0. The smallest absolute Gasteiger partial charge is 0.0874 e. The lowest BCUT2D eigenvalue weighted by atomic mass is 9.93. The lowest BCUT2D eigenvalue weighted by Gasteiger charge is -2.29. The highest BCUT2D eigenvalue weighted by atomic mass is 16.5. The maximum atomic E-state index is 9.98. The van der Waals surface area contributed by atoms with Crippen LogP contribution in [-0.4, -0.2) is 37.0 Å². The van der Waals surface area contributed by atoms with Gasteiger partial charge in [0.05, 0.1) is 12.2 Å². The highest BCUT2D eigenvalue weighted by Gasteiger charge is 2.25. The second kappa shape index (κ2) is 5.83. The highest BCUT2D eigenvalue weighted by Crippen LogP contribution is 2.18. The van der Waals surface area contributed by atoms with Crippen LogP contribution in [0.15, 0.2) is 0 Å². The first-order chi connectivity index (χ1) is 7.02. The van der Waals surface area contributed by atoms with E-state index in [2.05, 4.69) is 5.32 Å². The summed E-state index contributed by atoms with van der Waals surface area (Å²) in [7, 11) is 0. The molecule has 1 heterocycles. The third-order valence-electron chi connectivity index (χ3n) is 3.45. The van der Waals surface area contributed by atoms with Crippen LogP contribution in [0.4, 0.5) is 0 Å². The normalized spacial score (nSPS) is 23.0. The molecule has 15 heavy (non-hydrogen) atoms. The number of nitrogens with one attached hydrogen (secondary N) is 1. The van der Waals surface area contributed by atoms with Gasteiger partial charge in [-0.1, -0.05) is 13.8 Å². The van der Waals surface area contributed by atoms with Gasteiger partial charge in [0.1, 0.15) is 0 Å². The molecule has 1 atom stereocenters. The van der Waals surface area contributed by atoms with Crippen LogP contribution < -0.4 is 5.32 Å². The molecule has 0 aliphatic carbocycles. The molecule has 0 bridgehead atoms. The lowest BCUT2D eigenvalue weighted by molar-refractivity contribution is -0.0710. The van der Waals surface area contributed by atoms with Crippen molar-refractivity contribution in [1.29, 1.82) is 0 Å². The van der Waals surface area contributed by atoms with Crippen LogP contribution in [0.5, 0.6) is 0 Å². The number of hydrogen-bond acceptors (Lipinski definition) is 3. The maximum Gasteiger partial charge on any atom is 0.0874 e. The van der Waals surface area contributed by atoms with Gasteiger partial charge in [-0.05, 0) is 44.7 Å². The van der Waals surface area contributed by atoms with Crippen molar-refractivity contribution < 1.29 is 9.84 Å². The molecular formula is C12H25NO2. The Morgan fingerprint density at radius 1 is 1.40 bits per heavy atom. The zero-order valence-electron chi connectivity index (χ0n) is 10.3. The molecule has 0 aromatic heterocycles. The van der Waals surface area contributed by atoms with E-state index in [0.717, 1.165) is 19.7 Å². The molecule has 0 radical (unpaired) electrons. The molecule has 0 amide bonds. The summed E-state index contributed by atoms with van der Waals surface area (Å²) < 4.78 is 5.62. The van der Waals surface area contributed by atoms with Gasteiger partial charge in [-0.15, -0.1) is 0 Å². The molecule has 0 saturated carbocycles. The van der Waals surface area contributed by atoms with Crippen LogP contribution in [0.1, 0.15) is 33.6 Å². The Bertz CT molecular complexity index is 174. The molecule has 0 aromatic rings. The monoisotopic (exact) mass is 215 g/mol. The van der Waals surface area contributed by atoms with E-state index in [4.69, 9.17) is 4.74 Å². The molecule has 3 heteroatoms. The molecule has 1 aliphatic heterocycles. The van der Waals surface area contributed by atoms with E-state index >= 15 is 0 Å². The molecule has 1 rings (SSSR count). The molecule has 0 aromatic carbocycles. The minimum Gasteiger partial charge on any atom is -0.388 e. The predicted molar refractivity (Wildman–Crippen MR) is 61.9 cm³/mol. The Labute approximate surface area is 93.2 Å². The molecule has 1 fully saturated rings. The molecule has 3 nitrogen and oxygen atoms in total. The number of ether oxygens (including phenoxy) is 1. The SMILES string of the molecule is CC(C)C(C)(O)COCC1CCNCC1. The lowest BCUT2D eigenvalue weighted by Crippen LogP contribution is -2.38. The summed E-state index contributed by atoms with van der Waals surface area (Å²) in [6.45, 7) is 9.35. The number of hydrogen-bond donors (Lipinski definition) is 2. The molecular weight excluding hydrogens is 190 g/mol. The minimum atomic E-state index is -0.688. The predicted octanol–water partition coefficient (Wildman–Crippen LogP) is 1.41. The quantitative estimate of drug-likeness (QED) is 0.728. The van der Waals surface area contributed by atoms with E-state index in [1.165, 1.54) is 12.8 Å². The van der Waals surface area contributed by atoms with Gasteiger partial charge in [-0.3, -0.25) is 0 Å². The van der Waals surface area contributed by atoms with E-state index in [1.807, 2.05) is 20.8 Å². The summed E-state index contributed by atoms with van der Waals surface area (Å²) in [4.78, 5) is 0. The van der Waals surface area contributed by atoms with Crippen molar-refractivity contribution in [1.82, 2.24) is 5.32 Å². The average Bonchev–Trinajstić information content (AvgIpc) is 2.19. The van der Waals surface area contributed by atoms with Crippen LogP contribution >= 0.6 is 0 Å². The molecule has 2 N–H and O–H groups in total. The summed E-state index contributed by atoms with van der Waals surface area (Å²) in [6.07, 6.45) is 2.40. The van der Waals surface area contributed by atoms with Gasteiger partial charge in [0, 0.05) is 6.61 Å². The Morgan fingerprint density at radius 2 is 2.00 bits per heavy atom. The number of aliphatic hydroxyl groups is 1. The van der Waals surface area contributed by atoms with Crippen molar-refractivity contribution >= 4 is 0 Å². The Hall–Kier alpha value is -0.120.